The Morgan fingerprint density at radius 2 is 2.03 bits per heavy atom. The third kappa shape index (κ3) is 4.71. The zero-order chi connectivity index (χ0) is 26.2. The third-order valence-electron chi connectivity index (χ3n) is 7.42. The first-order chi connectivity index (χ1) is 17.7. The van der Waals surface area contributed by atoms with E-state index in [0.717, 1.165) is 5.56 Å². The number of anilines is 1. The van der Waals surface area contributed by atoms with Crippen LogP contribution in [-0.2, 0) is 17.8 Å². The number of aromatic nitrogens is 3. The van der Waals surface area contributed by atoms with Crippen molar-refractivity contribution in [2.75, 3.05) is 25.0 Å². The van der Waals surface area contributed by atoms with Gasteiger partial charge in [-0.25, -0.2) is 23.5 Å². The first-order valence-electron chi connectivity index (χ1n) is 12.2. The molecule has 1 aliphatic heterocycles. The summed E-state index contributed by atoms with van der Waals surface area (Å²) in [5, 5.41) is 22.4. The molecule has 1 amide bonds. The summed E-state index contributed by atoms with van der Waals surface area (Å²) in [6.07, 6.45) is 2.20. The van der Waals surface area contributed by atoms with E-state index in [1.165, 1.54) is 23.4 Å². The van der Waals surface area contributed by atoms with Crippen molar-refractivity contribution in [2.24, 2.45) is 5.92 Å². The van der Waals surface area contributed by atoms with Crippen molar-refractivity contribution in [2.45, 2.75) is 43.4 Å². The minimum Gasteiger partial charge on any atom is -0.465 e. The molecule has 0 unspecified atom stereocenters. The molecule has 1 saturated heterocycles. The van der Waals surface area contributed by atoms with Gasteiger partial charge >= 0.3 is 6.09 Å². The lowest BCUT2D eigenvalue weighted by molar-refractivity contribution is -0.0836. The van der Waals surface area contributed by atoms with E-state index in [2.05, 4.69) is 26.3 Å². The first kappa shape index (κ1) is 24.6. The fourth-order valence-corrected chi connectivity index (χ4v) is 5.01. The van der Waals surface area contributed by atoms with E-state index in [0.29, 0.717) is 48.2 Å². The number of rotatable bonds is 7. The van der Waals surface area contributed by atoms with Gasteiger partial charge in [0.05, 0.1) is 16.9 Å². The summed E-state index contributed by atoms with van der Waals surface area (Å²) in [6, 6.07) is 10.2. The molecule has 2 aromatic heterocycles. The van der Waals surface area contributed by atoms with Gasteiger partial charge < -0.3 is 20.3 Å². The van der Waals surface area contributed by atoms with E-state index >= 15 is 8.78 Å². The lowest BCUT2D eigenvalue weighted by atomic mass is 9.86. The molecule has 2 fully saturated rings. The number of pyridine rings is 1. The molecule has 5 rings (SSSR count). The summed E-state index contributed by atoms with van der Waals surface area (Å²) >= 11 is 0. The van der Waals surface area contributed by atoms with Gasteiger partial charge in [-0.3, -0.25) is 4.79 Å². The quantitative estimate of drug-likeness (QED) is 0.439. The number of likely N-dealkylation sites (tertiary alicyclic amines) is 1. The van der Waals surface area contributed by atoms with Gasteiger partial charge in [-0.2, -0.15) is 5.26 Å². The second-order valence-corrected chi connectivity index (χ2v) is 9.73. The number of carboxylic acid groups (broad SMARTS) is 1. The second kappa shape index (κ2) is 9.42. The van der Waals surface area contributed by atoms with Crippen molar-refractivity contribution in [1.29, 1.82) is 5.26 Å². The molecule has 11 heteroatoms. The van der Waals surface area contributed by atoms with E-state index in [-0.39, 0.29) is 37.1 Å². The molecule has 0 spiro atoms. The summed E-state index contributed by atoms with van der Waals surface area (Å²) in [4.78, 5) is 35.9. The van der Waals surface area contributed by atoms with Gasteiger partial charge in [0.2, 0.25) is 0 Å². The lowest BCUT2D eigenvalue weighted by Crippen LogP contribution is -2.41. The van der Waals surface area contributed by atoms with Gasteiger partial charge in [0.15, 0.2) is 0 Å². The normalized spacial score (nSPS) is 17.4. The van der Waals surface area contributed by atoms with E-state index < -0.39 is 23.3 Å². The third-order valence-corrected chi connectivity index (χ3v) is 7.42. The molecular formula is C26H26F2N6O3. The predicted octanol–water partition coefficient (Wildman–Crippen LogP) is 4.01. The molecule has 3 aromatic rings. The molecule has 192 valence electrons. The van der Waals surface area contributed by atoms with Crippen LogP contribution in [0.5, 0.6) is 0 Å². The van der Waals surface area contributed by atoms with Crippen LogP contribution in [0.25, 0.3) is 11.0 Å². The van der Waals surface area contributed by atoms with E-state index in [1.807, 2.05) is 0 Å². The summed E-state index contributed by atoms with van der Waals surface area (Å²) in [5.74, 6) is -3.48. The highest BCUT2D eigenvalue weighted by atomic mass is 19.3. The van der Waals surface area contributed by atoms with E-state index in [9.17, 15) is 14.9 Å². The van der Waals surface area contributed by atoms with Crippen LogP contribution in [0.15, 0.2) is 41.5 Å². The Bertz CT molecular complexity index is 1440. The zero-order valence-corrected chi connectivity index (χ0v) is 20.0. The number of carbonyl (C=O) groups is 1. The molecule has 1 saturated carbocycles. The number of benzene rings is 1. The largest absolute Gasteiger partial charge is 0.465 e. The van der Waals surface area contributed by atoms with Gasteiger partial charge in [-0.05, 0) is 49.8 Å². The Hall–Kier alpha value is -4.07. The number of piperidine rings is 1. The monoisotopic (exact) mass is 508 g/mol. The summed E-state index contributed by atoms with van der Waals surface area (Å²) in [6.45, 7) is 0.610. The minimum absolute atomic E-state index is 0.0697. The van der Waals surface area contributed by atoms with Crippen LogP contribution in [0.3, 0.4) is 0 Å². The number of hydrogen-bond donors (Lipinski definition) is 3. The second-order valence-electron chi connectivity index (χ2n) is 9.73. The van der Waals surface area contributed by atoms with Crippen LogP contribution < -0.4 is 10.9 Å². The van der Waals surface area contributed by atoms with Crippen LogP contribution >= 0.6 is 0 Å². The number of nitriles is 1. The molecule has 1 aliphatic carbocycles. The van der Waals surface area contributed by atoms with Crippen molar-refractivity contribution in [3.05, 3.63) is 63.7 Å². The van der Waals surface area contributed by atoms with Crippen molar-refractivity contribution in [3.8, 4) is 6.07 Å². The summed E-state index contributed by atoms with van der Waals surface area (Å²) in [5.41, 5.74) is 0.328. The number of alkyl halides is 2. The van der Waals surface area contributed by atoms with Gasteiger partial charge in [0.1, 0.15) is 17.8 Å². The average molecular weight is 509 g/mol. The molecule has 0 bridgehead atoms. The highest BCUT2D eigenvalue weighted by molar-refractivity contribution is 5.86. The molecule has 3 N–H and O–H groups in total. The molecule has 9 nitrogen and oxygen atoms in total. The number of fused-ring (bicyclic) bond motifs is 1. The zero-order valence-electron chi connectivity index (χ0n) is 20.0. The maximum Gasteiger partial charge on any atom is 0.407 e. The van der Waals surface area contributed by atoms with Crippen molar-refractivity contribution >= 4 is 22.9 Å². The summed E-state index contributed by atoms with van der Waals surface area (Å²) in [7, 11) is 0. The van der Waals surface area contributed by atoms with E-state index in [1.54, 1.807) is 18.2 Å². The smallest absolute Gasteiger partial charge is 0.407 e. The van der Waals surface area contributed by atoms with Crippen LogP contribution in [0.2, 0.25) is 0 Å². The van der Waals surface area contributed by atoms with E-state index in [4.69, 9.17) is 5.11 Å². The molecular weight excluding hydrogens is 482 g/mol. The van der Waals surface area contributed by atoms with Crippen LogP contribution in [0, 0.1) is 17.2 Å². The fourth-order valence-electron chi connectivity index (χ4n) is 5.01. The molecule has 3 heterocycles. The topological polar surface area (TPSA) is 135 Å². The minimum atomic E-state index is -3.06. The predicted molar refractivity (Wildman–Crippen MR) is 132 cm³/mol. The molecule has 2 aliphatic rings. The van der Waals surface area contributed by atoms with Gasteiger partial charge in [-0.1, -0.05) is 18.2 Å². The first-order valence-corrected chi connectivity index (χ1v) is 12.2. The van der Waals surface area contributed by atoms with Gasteiger partial charge in [0, 0.05) is 36.7 Å². The average Bonchev–Trinajstić information content (AvgIpc) is 3.70. The van der Waals surface area contributed by atoms with Crippen LogP contribution in [0.1, 0.15) is 42.4 Å². The number of aromatic amines is 1. The lowest BCUT2D eigenvalue weighted by Gasteiger charge is -2.34. The van der Waals surface area contributed by atoms with Crippen molar-refractivity contribution < 1.29 is 18.7 Å². The Morgan fingerprint density at radius 1 is 1.27 bits per heavy atom. The van der Waals surface area contributed by atoms with Crippen molar-refractivity contribution in [1.82, 2.24) is 19.9 Å². The molecule has 0 radical (unpaired) electrons. The number of nitrogens with zero attached hydrogens (tertiary/aromatic N) is 4. The molecule has 0 atom stereocenters. The SMILES string of the molecule is N#CC1(c2cc3c(NCCc4cccc(C(F)(F)C5CCN(C(=O)O)CC5)c4)ncnc3[nH]c2=O)CC1. The maximum atomic E-state index is 15.3. The summed E-state index contributed by atoms with van der Waals surface area (Å²) < 4.78 is 30.5. The highest BCUT2D eigenvalue weighted by Crippen LogP contribution is 2.46. The highest BCUT2D eigenvalue weighted by Gasteiger charge is 2.47. The maximum absolute atomic E-state index is 15.3. The Kier molecular flexibility index (Phi) is 6.27. The number of nitrogens with one attached hydrogen (secondary N) is 2. The molecule has 1 aromatic carbocycles. The number of hydrogen-bond acceptors (Lipinski definition) is 6. The number of amides is 1. The standard InChI is InChI=1S/C26H26F2N6O3/c27-26(28,17-5-10-34(11-6-17)24(36)37)18-3-1-2-16(12-18)4-9-30-21-19-13-20(25(14-29)7-8-25)23(35)33-22(19)32-15-31-21/h1-3,12-13,15,17H,4-11H2,(H,36,37)(H2,30,31,32,33,35). The molecule has 37 heavy (non-hydrogen) atoms. The number of H-pyrrole nitrogens is 1. The van der Waals surface area contributed by atoms with Gasteiger partial charge in [-0.15, -0.1) is 0 Å². The number of halogens is 2. The van der Waals surface area contributed by atoms with Crippen LogP contribution in [-0.4, -0.2) is 50.7 Å². The fraction of sp³-hybridized carbons (Fsp3) is 0.423. The van der Waals surface area contributed by atoms with Crippen molar-refractivity contribution in [3.63, 3.8) is 0 Å². The Labute approximate surface area is 211 Å². The Balaban J connectivity index is 1.28. The van der Waals surface area contributed by atoms with Crippen LogP contribution in [0.4, 0.5) is 19.4 Å². The Morgan fingerprint density at radius 3 is 2.70 bits per heavy atom. The van der Waals surface area contributed by atoms with Gasteiger partial charge in [0.25, 0.3) is 11.5 Å².